The van der Waals surface area contributed by atoms with Crippen molar-refractivity contribution < 1.29 is 19.1 Å². The summed E-state index contributed by atoms with van der Waals surface area (Å²) in [6.07, 6.45) is 2.52. The van der Waals surface area contributed by atoms with E-state index < -0.39 is 0 Å². The molecule has 0 saturated heterocycles. The average molecular weight is 461 g/mol. The van der Waals surface area contributed by atoms with Gasteiger partial charge in [0.05, 0.1) is 11.7 Å². The van der Waals surface area contributed by atoms with E-state index in [1.165, 1.54) is 12.8 Å². The fourth-order valence-electron chi connectivity index (χ4n) is 4.24. The number of urea groups is 1. The van der Waals surface area contributed by atoms with E-state index in [1.54, 1.807) is 37.3 Å². The molecule has 1 heterocycles. The smallest absolute Gasteiger partial charge is 0.319 e. The number of ether oxygens (including phenoxy) is 2. The van der Waals surface area contributed by atoms with E-state index in [9.17, 15) is 9.59 Å². The van der Waals surface area contributed by atoms with Gasteiger partial charge >= 0.3 is 6.03 Å². The van der Waals surface area contributed by atoms with Gasteiger partial charge in [-0.25, -0.2) is 4.79 Å². The number of nitrogens with zero attached hydrogens (tertiary/aromatic N) is 2. The number of amides is 3. The molecule has 0 spiro atoms. The van der Waals surface area contributed by atoms with Crippen molar-refractivity contribution in [3.8, 4) is 5.75 Å². The van der Waals surface area contributed by atoms with Crippen molar-refractivity contribution in [1.82, 2.24) is 15.1 Å². The number of carbonyl (C=O) groups excluding carboxylic acids is 2. The molecule has 0 radical (unpaired) electrons. The molecule has 1 aliphatic carbocycles. The average Bonchev–Trinajstić information content (AvgIpc) is 3.57. The molecular formula is C25H40N4O4. The van der Waals surface area contributed by atoms with Crippen LogP contribution in [-0.2, 0) is 4.74 Å². The Labute approximate surface area is 198 Å². The van der Waals surface area contributed by atoms with E-state index in [-0.39, 0.29) is 36.0 Å². The van der Waals surface area contributed by atoms with Crippen LogP contribution in [0, 0.1) is 11.8 Å². The fourth-order valence-corrected chi connectivity index (χ4v) is 4.24. The molecule has 184 valence electrons. The third-order valence-electron chi connectivity index (χ3n) is 6.44. The normalized spacial score (nSPS) is 25.0. The number of hydrogen-bond acceptors (Lipinski definition) is 5. The summed E-state index contributed by atoms with van der Waals surface area (Å²) in [6.45, 7) is 11.1. The summed E-state index contributed by atoms with van der Waals surface area (Å²) in [5.74, 6) is 1.40. The molecule has 8 heteroatoms. The molecule has 3 atom stereocenters. The number of nitrogens with one attached hydrogen (secondary N) is 2. The monoisotopic (exact) mass is 460 g/mol. The topological polar surface area (TPSA) is 83.1 Å². The lowest BCUT2D eigenvalue weighted by atomic mass is 10.0. The zero-order chi connectivity index (χ0) is 24.1. The molecule has 2 N–H and O–H groups in total. The van der Waals surface area contributed by atoms with Crippen LogP contribution in [0.15, 0.2) is 18.2 Å². The summed E-state index contributed by atoms with van der Waals surface area (Å²) < 4.78 is 12.0. The Morgan fingerprint density at radius 3 is 2.61 bits per heavy atom. The largest absolute Gasteiger partial charge is 0.491 e. The van der Waals surface area contributed by atoms with Crippen molar-refractivity contribution in [2.75, 3.05) is 45.7 Å². The van der Waals surface area contributed by atoms with Gasteiger partial charge in [-0.2, -0.15) is 0 Å². The van der Waals surface area contributed by atoms with Crippen molar-refractivity contribution in [3.63, 3.8) is 0 Å². The lowest BCUT2D eigenvalue weighted by Crippen LogP contribution is -2.47. The molecule has 3 rings (SSSR count). The molecule has 1 aromatic rings. The Hall–Kier alpha value is -2.32. The fraction of sp³-hybridized carbons (Fsp3) is 0.680. The molecule has 1 fully saturated rings. The molecule has 8 nitrogen and oxygen atoms in total. The maximum absolute atomic E-state index is 13.3. The Morgan fingerprint density at radius 2 is 1.97 bits per heavy atom. The summed E-state index contributed by atoms with van der Waals surface area (Å²) in [7, 11) is 3.51. The summed E-state index contributed by atoms with van der Waals surface area (Å²) in [4.78, 5) is 29.6. The van der Waals surface area contributed by atoms with E-state index in [1.807, 2.05) is 13.8 Å². The number of likely N-dealkylation sites (N-methyl/N-ethyl adjacent to an activating group) is 1. The summed E-state index contributed by atoms with van der Waals surface area (Å²) in [5.41, 5.74) is 1.07. The van der Waals surface area contributed by atoms with Gasteiger partial charge in [-0.05, 0) is 57.6 Å². The molecule has 3 amide bonds. The van der Waals surface area contributed by atoms with E-state index in [0.717, 1.165) is 19.0 Å². The van der Waals surface area contributed by atoms with Crippen LogP contribution in [0.1, 0.15) is 50.9 Å². The minimum absolute atomic E-state index is 0.0233. The van der Waals surface area contributed by atoms with Gasteiger partial charge in [0, 0.05) is 57.6 Å². The Kier molecular flexibility index (Phi) is 8.59. The van der Waals surface area contributed by atoms with Crippen molar-refractivity contribution >= 4 is 17.6 Å². The highest BCUT2D eigenvalue weighted by molar-refractivity contribution is 5.98. The molecule has 33 heavy (non-hydrogen) atoms. The number of hydrogen-bond donors (Lipinski definition) is 2. The van der Waals surface area contributed by atoms with Crippen LogP contribution in [0.2, 0.25) is 0 Å². The summed E-state index contributed by atoms with van der Waals surface area (Å²) in [6, 6.07) is 5.12. The highest BCUT2D eigenvalue weighted by Gasteiger charge is 2.31. The lowest BCUT2D eigenvalue weighted by molar-refractivity contribution is 0.00994. The first-order chi connectivity index (χ1) is 15.7. The number of anilines is 1. The molecule has 1 aromatic carbocycles. The molecule has 0 unspecified atom stereocenters. The Balaban J connectivity index is 1.88. The van der Waals surface area contributed by atoms with Crippen molar-refractivity contribution in [2.24, 2.45) is 11.8 Å². The standard InChI is InChI=1S/C25H40N4O4/c1-16(2)26-25(31)27-20-9-10-21-22(11-20)33-15-18(4)29(13-19-7-8-19)12-17(3)23(32-6)14-28(5)24(21)30/h9-11,16-19,23H,7-8,12-15H2,1-6H3,(H2,26,27,31)/t17-,18-,23+/m1/s1. The maximum atomic E-state index is 13.3. The third-order valence-corrected chi connectivity index (χ3v) is 6.44. The van der Waals surface area contributed by atoms with Gasteiger partial charge in [-0.1, -0.05) is 6.92 Å². The molecule has 0 aromatic heterocycles. The van der Waals surface area contributed by atoms with Crippen LogP contribution >= 0.6 is 0 Å². The lowest BCUT2D eigenvalue weighted by Gasteiger charge is -2.36. The van der Waals surface area contributed by atoms with Crippen LogP contribution in [0.3, 0.4) is 0 Å². The van der Waals surface area contributed by atoms with E-state index >= 15 is 0 Å². The molecule has 2 aliphatic rings. The minimum Gasteiger partial charge on any atom is -0.491 e. The number of methoxy groups -OCH3 is 1. The highest BCUT2D eigenvalue weighted by atomic mass is 16.5. The van der Waals surface area contributed by atoms with Gasteiger partial charge in [-0.15, -0.1) is 0 Å². The SMILES string of the molecule is CO[C@H]1CN(C)C(=O)c2ccc(NC(=O)NC(C)C)cc2OC[C@@H](C)N(CC2CC2)C[C@H]1C. The molecule has 1 aliphatic heterocycles. The second-order valence-electron chi connectivity index (χ2n) is 9.96. The summed E-state index contributed by atoms with van der Waals surface area (Å²) >= 11 is 0. The third kappa shape index (κ3) is 7.08. The first-order valence-electron chi connectivity index (χ1n) is 12.0. The van der Waals surface area contributed by atoms with Crippen LogP contribution in [-0.4, -0.2) is 80.3 Å². The van der Waals surface area contributed by atoms with Crippen LogP contribution < -0.4 is 15.4 Å². The maximum Gasteiger partial charge on any atom is 0.319 e. The van der Waals surface area contributed by atoms with Gasteiger partial charge < -0.3 is 25.0 Å². The molecule has 0 bridgehead atoms. The van der Waals surface area contributed by atoms with E-state index in [2.05, 4.69) is 29.4 Å². The van der Waals surface area contributed by atoms with Crippen LogP contribution in [0.5, 0.6) is 5.75 Å². The van der Waals surface area contributed by atoms with Crippen molar-refractivity contribution in [3.05, 3.63) is 23.8 Å². The zero-order valence-corrected chi connectivity index (χ0v) is 20.9. The minimum atomic E-state index is -0.289. The second kappa shape index (κ2) is 11.2. The quantitative estimate of drug-likeness (QED) is 0.703. The first kappa shape index (κ1) is 25.3. The van der Waals surface area contributed by atoms with Gasteiger partial charge in [0.2, 0.25) is 0 Å². The Bertz CT molecular complexity index is 827. The van der Waals surface area contributed by atoms with Gasteiger partial charge in [-0.3, -0.25) is 9.69 Å². The molecular weight excluding hydrogens is 420 g/mol. The summed E-state index contributed by atoms with van der Waals surface area (Å²) in [5, 5.41) is 5.64. The second-order valence-corrected chi connectivity index (χ2v) is 9.96. The predicted octanol–water partition coefficient (Wildman–Crippen LogP) is 3.43. The first-order valence-corrected chi connectivity index (χ1v) is 12.0. The van der Waals surface area contributed by atoms with E-state index in [4.69, 9.17) is 9.47 Å². The highest BCUT2D eigenvalue weighted by Crippen LogP contribution is 2.32. The number of benzene rings is 1. The van der Waals surface area contributed by atoms with Crippen LogP contribution in [0.25, 0.3) is 0 Å². The van der Waals surface area contributed by atoms with Gasteiger partial charge in [0.1, 0.15) is 12.4 Å². The molecule has 1 saturated carbocycles. The number of carbonyl (C=O) groups is 2. The number of rotatable bonds is 5. The predicted molar refractivity (Wildman–Crippen MR) is 130 cm³/mol. The van der Waals surface area contributed by atoms with Gasteiger partial charge in [0.25, 0.3) is 5.91 Å². The van der Waals surface area contributed by atoms with Gasteiger partial charge in [0.15, 0.2) is 0 Å². The Morgan fingerprint density at radius 1 is 1.24 bits per heavy atom. The van der Waals surface area contributed by atoms with Crippen molar-refractivity contribution in [1.29, 1.82) is 0 Å². The van der Waals surface area contributed by atoms with E-state index in [0.29, 0.717) is 30.2 Å². The van der Waals surface area contributed by atoms with Crippen molar-refractivity contribution in [2.45, 2.75) is 58.7 Å². The van der Waals surface area contributed by atoms with Crippen LogP contribution in [0.4, 0.5) is 10.5 Å². The number of fused-ring (bicyclic) bond motifs is 1. The zero-order valence-electron chi connectivity index (χ0n) is 20.9.